The molecule has 1 aliphatic heterocycles. The molecule has 0 radical (unpaired) electrons. The SMILES string of the molecule is CCCOc1ccc(C(O)CN2CC(CC)CC2=O)cc1. The monoisotopic (exact) mass is 291 g/mol. The highest BCUT2D eigenvalue weighted by Crippen LogP contribution is 2.24. The molecule has 2 unspecified atom stereocenters. The van der Waals surface area contributed by atoms with Gasteiger partial charge >= 0.3 is 0 Å². The van der Waals surface area contributed by atoms with Gasteiger partial charge in [-0.2, -0.15) is 0 Å². The van der Waals surface area contributed by atoms with Crippen molar-refractivity contribution >= 4 is 5.91 Å². The number of carbonyl (C=O) groups is 1. The number of benzene rings is 1. The van der Waals surface area contributed by atoms with Gasteiger partial charge in [-0.25, -0.2) is 0 Å². The van der Waals surface area contributed by atoms with E-state index in [9.17, 15) is 9.90 Å². The normalized spacial score (nSPS) is 19.9. The van der Waals surface area contributed by atoms with Crippen molar-refractivity contribution in [3.63, 3.8) is 0 Å². The van der Waals surface area contributed by atoms with Gasteiger partial charge in [-0.05, 0) is 30.0 Å². The smallest absolute Gasteiger partial charge is 0.223 e. The Morgan fingerprint density at radius 2 is 2.05 bits per heavy atom. The Balaban J connectivity index is 1.91. The van der Waals surface area contributed by atoms with E-state index in [1.165, 1.54) is 0 Å². The minimum atomic E-state index is -0.634. The second-order valence-electron chi connectivity index (χ2n) is 5.71. The molecule has 1 aliphatic rings. The summed E-state index contributed by atoms with van der Waals surface area (Å²) < 4.78 is 5.52. The predicted molar refractivity (Wildman–Crippen MR) is 82.2 cm³/mol. The lowest BCUT2D eigenvalue weighted by Gasteiger charge is -2.21. The molecule has 1 amide bonds. The van der Waals surface area contributed by atoms with Crippen LogP contribution in [0.3, 0.4) is 0 Å². The largest absolute Gasteiger partial charge is 0.494 e. The van der Waals surface area contributed by atoms with Crippen LogP contribution < -0.4 is 4.74 Å². The molecular formula is C17H25NO3. The van der Waals surface area contributed by atoms with E-state index in [2.05, 4.69) is 13.8 Å². The van der Waals surface area contributed by atoms with Gasteiger partial charge in [0.15, 0.2) is 0 Å². The average Bonchev–Trinajstić information content (AvgIpc) is 2.86. The zero-order valence-corrected chi connectivity index (χ0v) is 12.9. The number of carbonyl (C=O) groups excluding carboxylic acids is 1. The molecule has 2 atom stereocenters. The zero-order chi connectivity index (χ0) is 15.2. The molecule has 1 N–H and O–H groups in total. The molecule has 1 aromatic carbocycles. The number of likely N-dealkylation sites (tertiary alicyclic amines) is 1. The number of hydrogen-bond donors (Lipinski definition) is 1. The average molecular weight is 291 g/mol. The summed E-state index contributed by atoms with van der Waals surface area (Å²) in [5.41, 5.74) is 0.826. The van der Waals surface area contributed by atoms with Crippen molar-refractivity contribution in [1.82, 2.24) is 4.90 Å². The van der Waals surface area contributed by atoms with Crippen molar-refractivity contribution in [2.75, 3.05) is 19.7 Å². The maximum atomic E-state index is 11.9. The molecule has 0 spiro atoms. The first kappa shape index (κ1) is 15.8. The number of amides is 1. The summed E-state index contributed by atoms with van der Waals surface area (Å²) in [5.74, 6) is 1.41. The Morgan fingerprint density at radius 3 is 2.62 bits per heavy atom. The van der Waals surface area contributed by atoms with Gasteiger partial charge in [-0.3, -0.25) is 4.79 Å². The third-order valence-corrected chi connectivity index (χ3v) is 4.00. The Kier molecular flexibility index (Phi) is 5.62. The first-order valence-electron chi connectivity index (χ1n) is 7.82. The summed E-state index contributed by atoms with van der Waals surface area (Å²) in [4.78, 5) is 13.7. The highest BCUT2D eigenvalue weighted by molar-refractivity contribution is 5.78. The first-order valence-corrected chi connectivity index (χ1v) is 7.82. The third kappa shape index (κ3) is 4.21. The topological polar surface area (TPSA) is 49.8 Å². The van der Waals surface area contributed by atoms with Crippen LogP contribution in [0.5, 0.6) is 5.75 Å². The van der Waals surface area contributed by atoms with E-state index in [0.29, 0.717) is 25.5 Å². The van der Waals surface area contributed by atoms with Gasteiger partial charge in [0.1, 0.15) is 5.75 Å². The van der Waals surface area contributed by atoms with Crippen LogP contribution in [0.4, 0.5) is 0 Å². The van der Waals surface area contributed by atoms with Crippen LogP contribution in [-0.2, 0) is 4.79 Å². The number of β-amino-alcohol motifs (C(OH)–C–C–N with tert-alkyl or cyclic N) is 1. The van der Waals surface area contributed by atoms with E-state index in [1.807, 2.05) is 24.3 Å². The number of nitrogens with zero attached hydrogens (tertiary/aromatic N) is 1. The van der Waals surface area contributed by atoms with Crippen molar-refractivity contribution in [2.24, 2.45) is 5.92 Å². The van der Waals surface area contributed by atoms with Crippen LogP contribution in [0.2, 0.25) is 0 Å². The molecule has 0 aromatic heterocycles. The van der Waals surface area contributed by atoms with Crippen LogP contribution in [0.15, 0.2) is 24.3 Å². The zero-order valence-electron chi connectivity index (χ0n) is 12.9. The molecule has 1 saturated heterocycles. The van der Waals surface area contributed by atoms with Gasteiger partial charge in [0.05, 0.1) is 19.3 Å². The summed E-state index contributed by atoms with van der Waals surface area (Å²) in [5, 5.41) is 10.3. The molecule has 2 rings (SSSR count). The lowest BCUT2D eigenvalue weighted by molar-refractivity contribution is -0.129. The maximum Gasteiger partial charge on any atom is 0.223 e. The van der Waals surface area contributed by atoms with Crippen LogP contribution in [0.25, 0.3) is 0 Å². The molecule has 4 nitrogen and oxygen atoms in total. The van der Waals surface area contributed by atoms with E-state index in [0.717, 1.165) is 30.7 Å². The molecular weight excluding hydrogens is 266 g/mol. The highest BCUT2D eigenvalue weighted by atomic mass is 16.5. The lowest BCUT2D eigenvalue weighted by atomic mass is 10.1. The minimum absolute atomic E-state index is 0.156. The standard InChI is InChI=1S/C17H25NO3/c1-3-9-21-15-7-5-14(6-8-15)16(19)12-18-11-13(4-2)10-17(18)20/h5-8,13,16,19H,3-4,9-12H2,1-2H3. The minimum Gasteiger partial charge on any atom is -0.494 e. The van der Waals surface area contributed by atoms with Gasteiger partial charge in [0.25, 0.3) is 0 Å². The molecule has 0 aliphatic carbocycles. The van der Waals surface area contributed by atoms with E-state index >= 15 is 0 Å². The number of ether oxygens (including phenoxy) is 1. The van der Waals surface area contributed by atoms with Crippen molar-refractivity contribution in [3.8, 4) is 5.75 Å². The fourth-order valence-electron chi connectivity index (χ4n) is 2.62. The van der Waals surface area contributed by atoms with Gasteiger partial charge in [-0.1, -0.05) is 32.4 Å². The fourth-order valence-corrected chi connectivity index (χ4v) is 2.62. The molecule has 1 heterocycles. The molecule has 21 heavy (non-hydrogen) atoms. The summed E-state index contributed by atoms with van der Waals surface area (Å²) in [6, 6.07) is 7.48. The Bertz CT molecular complexity index is 458. The van der Waals surface area contributed by atoms with Gasteiger partial charge in [0.2, 0.25) is 5.91 Å². The highest BCUT2D eigenvalue weighted by Gasteiger charge is 2.29. The van der Waals surface area contributed by atoms with Crippen LogP contribution in [0.1, 0.15) is 44.8 Å². The molecule has 1 aromatic rings. The van der Waals surface area contributed by atoms with E-state index < -0.39 is 6.10 Å². The van der Waals surface area contributed by atoms with E-state index in [-0.39, 0.29) is 5.91 Å². The molecule has 0 bridgehead atoms. The molecule has 116 valence electrons. The van der Waals surface area contributed by atoms with Crippen LogP contribution in [0, 0.1) is 5.92 Å². The van der Waals surface area contributed by atoms with Gasteiger partial charge in [-0.15, -0.1) is 0 Å². The number of aliphatic hydroxyl groups excluding tert-OH is 1. The second-order valence-corrected chi connectivity index (χ2v) is 5.71. The summed E-state index contributed by atoms with van der Waals surface area (Å²) in [7, 11) is 0. The van der Waals surface area contributed by atoms with Crippen molar-refractivity contribution < 1.29 is 14.6 Å². The Hall–Kier alpha value is -1.55. The summed E-state index contributed by atoms with van der Waals surface area (Å²) in [6.07, 6.45) is 1.97. The summed E-state index contributed by atoms with van der Waals surface area (Å²) >= 11 is 0. The van der Waals surface area contributed by atoms with E-state index in [1.54, 1.807) is 4.90 Å². The van der Waals surface area contributed by atoms with Gasteiger partial charge in [0, 0.05) is 13.0 Å². The third-order valence-electron chi connectivity index (χ3n) is 4.00. The number of aliphatic hydroxyl groups is 1. The first-order chi connectivity index (χ1) is 10.1. The predicted octanol–water partition coefficient (Wildman–Crippen LogP) is 2.77. The maximum absolute atomic E-state index is 11.9. The quantitative estimate of drug-likeness (QED) is 0.840. The number of rotatable bonds is 7. The fraction of sp³-hybridized carbons (Fsp3) is 0.588. The summed E-state index contributed by atoms with van der Waals surface area (Å²) in [6.45, 7) is 6.01. The molecule has 0 saturated carbocycles. The van der Waals surface area contributed by atoms with Crippen molar-refractivity contribution in [2.45, 2.75) is 39.2 Å². The van der Waals surface area contributed by atoms with Crippen LogP contribution >= 0.6 is 0 Å². The number of hydrogen-bond acceptors (Lipinski definition) is 3. The van der Waals surface area contributed by atoms with Crippen molar-refractivity contribution in [3.05, 3.63) is 29.8 Å². The molecule has 1 fully saturated rings. The van der Waals surface area contributed by atoms with Crippen molar-refractivity contribution in [1.29, 1.82) is 0 Å². The molecule has 4 heteroatoms. The van der Waals surface area contributed by atoms with Crippen LogP contribution in [-0.4, -0.2) is 35.6 Å². The van der Waals surface area contributed by atoms with Gasteiger partial charge < -0.3 is 14.7 Å². The lowest BCUT2D eigenvalue weighted by Crippen LogP contribution is -2.30. The Morgan fingerprint density at radius 1 is 1.33 bits per heavy atom. The Labute approximate surface area is 126 Å². The van der Waals surface area contributed by atoms with E-state index in [4.69, 9.17) is 4.74 Å². The second kappa shape index (κ2) is 7.46.